The summed E-state index contributed by atoms with van der Waals surface area (Å²) in [7, 11) is 1.49. The molecule has 132 valence electrons. The fourth-order valence-corrected chi connectivity index (χ4v) is 2.25. The predicted molar refractivity (Wildman–Crippen MR) is 95.8 cm³/mol. The summed E-state index contributed by atoms with van der Waals surface area (Å²) in [5, 5.41) is 8.37. The lowest BCUT2D eigenvalue weighted by Gasteiger charge is -2.12. The molecule has 8 heteroatoms. The largest absolute Gasteiger partial charge is 0.495 e. The molecule has 0 heterocycles. The van der Waals surface area contributed by atoms with E-state index in [0.717, 1.165) is 0 Å². The standard InChI is InChI=1S/C17H17ClFN3O3/c1-10(23)21-14-8-12(4-5-13(14)19)20-9-17(24)22-15-7-11(18)3-6-16(15)25-2/h3-8,20H,9H2,1-2H3,(H,21,23)(H,22,24). The molecule has 2 rings (SSSR count). The first-order valence-corrected chi connectivity index (χ1v) is 7.71. The Labute approximate surface area is 149 Å². The van der Waals surface area contributed by atoms with E-state index in [1.165, 1.54) is 32.2 Å². The van der Waals surface area contributed by atoms with Gasteiger partial charge in [0.2, 0.25) is 11.8 Å². The normalized spacial score (nSPS) is 10.1. The van der Waals surface area contributed by atoms with Crippen molar-refractivity contribution in [2.45, 2.75) is 6.92 Å². The highest BCUT2D eigenvalue weighted by Crippen LogP contribution is 2.27. The molecular weight excluding hydrogens is 349 g/mol. The predicted octanol–water partition coefficient (Wildman–Crippen LogP) is 3.50. The van der Waals surface area contributed by atoms with Gasteiger partial charge in [0.05, 0.1) is 25.0 Å². The van der Waals surface area contributed by atoms with Crippen LogP contribution in [-0.4, -0.2) is 25.5 Å². The van der Waals surface area contributed by atoms with E-state index in [-0.39, 0.29) is 24.0 Å². The van der Waals surface area contributed by atoms with Gasteiger partial charge in [-0.05, 0) is 36.4 Å². The number of anilines is 3. The minimum atomic E-state index is -0.561. The van der Waals surface area contributed by atoms with Gasteiger partial charge in [-0.1, -0.05) is 11.6 Å². The number of hydrogen-bond acceptors (Lipinski definition) is 4. The second-order valence-corrected chi connectivity index (χ2v) is 5.56. The molecule has 0 fully saturated rings. The van der Waals surface area contributed by atoms with Gasteiger partial charge in [-0.15, -0.1) is 0 Å². The molecule has 0 aliphatic rings. The van der Waals surface area contributed by atoms with Crippen molar-refractivity contribution in [3.05, 3.63) is 47.2 Å². The molecule has 3 N–H and O–H groups in total. The molecule has 0 aliphatic heterocycles. The minimum absolute atomic E-state index is 0.0365. The van der Waals surface area contributed by atoms with Gasteiger partial charge in [0.1, 0.15) is 11.6 Å². The van der Waals surface area contributed by atoms with Gasteiger partial charge in [0.15, 0.2) is 0 Å². The molecule has 0 bridgehead atoms. The van der Waals surface area contributed by atoms with Crippen LogP contribution >= 0.6 is 11.6 Å². The summed E-state index contributed by atoms with van der Waals surface area (Å²) in [4.78, 5) is 23.1. The van der Waals surface area contributed by atoms with Crippen molar-refractivity contribution in [2.24, 2.45) is 0 Å². The molecule has 0 radical (unpaired) electrons. The number of carbonyl (C=O) groups excluding carboxylic acids is 2. The lowest BCUT2D eigenvalue weighted by molar-refractivity contribution is -0.115. The zero-order valence-electron chi connectivity index (χ0n) is 13.7. The Hall–Kier alpha value is -2.80. The maximum absolute atomic E-state index is 13.6. The van der Waals surface area contributed by atoms with Gasteiger partial charge in [-0.25, -0.2) is 4.39 Å². The second-order valence-electron chi connectivity index (χ2n) is 5.12. The van der Waals surface area contributed by atoms with Gasteiger partial charge in [-0.2, -0.15) is 0 Å². The number of hydrogen-bond donors (Lipinski definition) is 3. The first kappa shape index (κ1) is 18.5. The highest BCUT2D eigenvalue weighted by atomic mass is 35.5. The summed E-state index contributed by atoms with van der Waals surface area (Å²) in [6.45, 7) is 1.21. The average molecular weight is 366 g/mol. The van der Waals surface area contributed by atoms with Crippen molar-refractivity contribution >= 4 is 40.5 Å². The van der Waals surface area contributed by atoms with Crippen LogP contribution < -0.4 is 20.7 Å². The van der Waals surface area contributed by atoms with Crippen LogP contribution in [-0.2, 0) is 9.59 Å². The highest BCUT2D eigenvalue weighted by Gasteiger charge is 2.09. The van der Waals surface area contributed by atoms with E-state index in [2.05, 4.69) is 16.0 Å². The highest BCUT2D eigenvalue weighted by molar-refractivity contribution is 6.31. The number of carbonyl (C=O) groups is 2. The third-order valence-corrected chi connectivity index (χ3v) is 3.40. The molecule has 0 aliphatic carbocycles. The Morgan fingerprint density at radius 1 is 1.12 bits per heavy atom. The number of benzene rings is 2. The Bertz CT molecular complexity index is 799. The van der Waals surface area contributed by atoms with Crippen LogP contribution in [0.15, 0.2) is 36.4 Å². The molecule has 2 amide bonds. The van der Waals surface area contributed by atoms with Crippen LogP contribution in [0.5, 0.6) is 5.75 Å². The summed E-state index contributed by atoms with van der Waals surface area (Å²) < 4.78 is 18.7. The number of nitrogens with one attached hydrogen (secondary N) is 3. The van der Waals surface area contributed by atoms with Crippen molar-refractivity contribution in [3.63, 3.8) is 0 Å². The van der Waals surface area contributed by atoms with E-state index in [4.69, 9.17) is 16.3 Å². The van der Waals surface area contributed by atoms with E-state index in [1.807, 2.05) is 0 Å². The molecular formula is C17H17ClFN3O3. The lowest BCUT2D eigenvalue weighted by Crippen LogP contribution is -2.22. The van der Waals surface area contributed by atoms with E-state index in [0.29, 0.717) is 22.1 Å². The topological polar surface area (TPSA) is 79.5 Å². The van der Waals surface area contributed by atoms with Crippen molar-refractivity contribution < 1.29 is 18.7 Å². The zero-order valence-corrected chi connectivity index (χ0v) is 14.4. The van der Waals surface area contributed by atoms with Gasteiger partial charge in [-0.3, -0.25) is 9.59 Å². The number of ether oxygens (including phenoxy) is 1. The average Bonchev–Trinajstić information content (AvgIpc) is 2.55. The Kier molecular flexibility index (Phi) is 6.19. The van der Waals surface area contributed by atoms with E-state index >= 15 is 0 Å². The van der Waals surface area contributed by atoms with E-state index < -0.39 is 5.82 Å². The molecule has 0 unspecified atom stereocenters. The monoisotopic (exact) mass is 365 g/mol. The Balaban J connectivity index is 2.01. The number of halogens is 2. The molecule has 0 saturated heterocycles. The van der Waals surface area contributed by atoms with Gasteiger partial charge < -0.3 is 20.7 Å². The smallest absolute Gasteiger partial charge is 0.243 e. The van der Waals surface area contributed by atoms with Crippen molar-refractivity contribution in [1.82, 2.24) is 0 Å². The second kappa shape index (κ2) is 8.34. The van der Waals surface area contributed by atoms with Crippen LogP contribution in [0.3, 0.4) is 0 Å². The van der Waals surface area contributed by atoms with Gasteiger partial charge >= 0.3 is 0 Å². The quantitative estimate of drug-likeness (QED) is 0.732. The maximum atomic E-state index is 13.6. The summed E-state index contributed by atoms with van der Waals surface area (Å²) >= 11 is 5.91. The SMILES string of the molecule is COc1ccc(Cl)cc1NC(=O)CNc1ccc(F)c(NC(C)=O)c1. The Morgan fingerprint density at radius 3 is 2.56 bits per heavy atom. The number of amides is 2. The molecule has 2 aromatic rings. The van der Waals surface area contributed by atoms with Crippen molar-refractivity contribution in [2.75, 3.05) is 29.6 Å². The zero-order chi connectivity index (χ0) is 18.4. The fraction of sp³-hybridized carbons (Fsp3) is 0.176. The molecule has 2 aromatic carbocycles. The number of rotatable bonds is 6. The Morgan fingerprint density at radius 2 is 1.88 bits per heavy atom. The van der Waals surface area contributed by atoms with E-state index in [9.17, 15) is 14.0 Å². The van der Waals surface area contributed by atoms with Gasteiger partial charge in [0, 0.05) is 17.6 Å². The summed E-state index contributed by atoms with van der Waals surface area (Å²) in [5.41, 5.74) is 0.965. The lowest BCUT2D eigenvalue weighted by atomic mass is 10.2. The van der Waals surface area contributed by atoms with Crippen LogP contribution in [0, 0.1) is 5.82 Å². The maximum Gasteiger partial charge on any atom is 0.243 e. The summed E-state index contributed by atoms with van der Waals surface area (Å²) in [6, 6.07) is 8.94. The third-order valence-electron chi connectivity index (χ3n) is 3.17. The molecule has 0 spiro atoms. The minimum Gasteiger partial charge on any atom is -0.495 e. The molecule has 6 nitrogen and oxygen atoms in total. The van der Waals surface area contributed by atoms with Crippen LogP contribution in [0.25, 0.3) is 0 Å². The molecule has 0 aromatic heterocycles. The van der Waals surface area contributed by atoms with Crippen molar-refractivity contribution in [3.8, 4) is 5.75 Å². The van der Waals surface area contributed by atoms with Crippen LogP contribution in [0.1, 0.15) is 6.92 Å². The molecule has 0 atom stereocenters. The first-order valence-electron chi connectivity index (χ1n) is 7.33. The van der Waals surface area contributed by atoms with Crippen molar-refractivity contribution in [1.29, 1.82) is 0 Å². The number of methoxy groups -OCH3 is 1. The molecule has 0 saturated carbocycles. The van der Waals surface area contributed by atoms with E-state index in [1.54, 1.807) is 18.2 Å². The third kappa shape index (κ3) is 5.36. The van der Waals surface area contributed by atoms with Gasteiger partial charge in [0.25, 0.3) is 0 Å². The molecule has 25 heavy (non-hydrogen) atoms. The summed E-state index contributed by atoms with van der Waals surface area (Å²) in [6.07, 6.45) is 0. The van der Waals surface area contributed by atoms with Crippen LogP contribution in [0.2, 0.25) is 5.02 Å². The summed E-state index contributed by atoms with van der Waals surface area (Å²) in [5.74, 6) is -0.811. The first-order chi connectivity index (χ1) is 11.9. The van der Waals surface area contributed by atoms with Crippen LogP contribution in [0.4, 0.5) is 21.5 Å². The fourth-order valence-electron chi connectivity index (χ4n) is 2.08.